The standard InChI is InChI=1S/C15H18N2O4S2/c1-10-4-5-11(8-13(10)21-3)15(18)17-9-12-6-7-14(22-12)23(19,20)16-2/h4-8,16H,9H2,1-3H3,(H,17,18). The van der Waals surface area contributed by atoms with E-state index in [1.165, 1.54) is 13.1 Å². The Kier molecular flexibility index (Phi) is 5.40. The fraction of sp³-hybridized carbons (Fsp3) is 0.267. The van der Waals surface area contributed by atoms with Crippen LogP contribution in [0.1, 0.15) is 20.8 Å². The molecule has 1 aromatic carbocycles. The van der Waals surface area contributed by atoms with Crippen molar-refractivity contribution in [2.45, 2.75) is 17.7 Å². The van der Waals surface area contributed by atoms with Crippen LogP contribution < -0.4 is 14.8 Å². The normalized spacial score (nSPS) is 11.3. The molecule has 0 aliphatic heterocycles. The second kappa shape index (κ2) is 7.12. The van der Waals surface area contributed by atoms with Crippen molar-refractivity contribution < 1.29 is 17.9 Å². The van der Waals surface area contributed by atoms with Crippen LogP contribution in [0.3, 0.4) is 0 Å². The number of thiophene rings is 1. The minimum atomic E-state index is -3.44. The van der Waals surface area contributed by atoms with E-state index in [1.54, 1.807) is 25.3 Å². The third kappa shape index (κ3) is 4.10. The zero-order chi connectivity index (χ0) is 17.0. The molecule has 0 saturated carbocycles. The molecule has 1 amide bonds. The Labute approximate surface area is 139 Å². The maximum atomic E-state index is 12.2. The first-order valence-corrected chi connectivity index (χ1v) is 9.12. The predicted molar refractivity (Wildman–Crippen MR) is 89.5 cm³/mol. The summed E-state index contributed by atoms with van der Waals surface area (Å²) in [5, 5.41) is 2.77. The average Bonchev–Trinajstić information content (AvgIpc) is 3.03. The molecule has 23 heavy (non-hydrogen) atoms. The first kappa shape index (κ1) is 17.5. The van der Waals surface area contributed by atoms with Crippen LogP contribution in [0.15, 0.2) is 34.5 Å². The van der Waals surface area contributed by atoms with E-state index in [9.17, 15) is 13.2 Å². The van der Waals surface area contributed by atoms with Crippen molar-refractivity contribution in [3.8, 4) is 5.75 Å². The summed E-state index contributed by atoms with van der Waals surface area (Å²) in [5.74, 6) is 0.408. The fourth-order valence-corrected chi connectivity index (χ4v) is 4.06. The van der Waals surface area contributed by atoms with Gasteiger partial charge in [0.2, 0.25) is 10.0 Å². The molecule has 0 unspecified atom stereocenters. The summed E-state index contributed by atoms with van der Waals surface area (Å²) < 4.78 is 31.0. The van der Waals surface area contributed by atoms with Crippen molar-refractivity contribution in [3.05, 3.63) is 46.3 Å². The minimum Gasteiger partial charge on any atom is -0.496 e. The molecule has 8 heteroatoms. The van der Waals surface area contributed by atoms with E-state index in [-0.39, 0.29) is 16.7 Å². The molecule has 0 aliphatic carbocycles. The zero-order valence-electron chi connectivity index (χ0n) is 13.0. The van der Waals surface area contributed by atoms with Crippen molar-refractivity contribution in [3.63, 3.8) is 0 Å². The summed E-state index contributed by atoms with van der Waals surface area (Å²) in [6, 6.07) is 8.42. The highest BCUT2D eigenvalue weighted by Gasteiger charge is 2.15. The van der Waals surface area contributed by atoms with Crippen LogP contribution in [-0.2, 0) is 16.6 Å². The van der Waals surface area contributed by atoms with Gasteiger partial charge in [0.1, 0.15) is 9.96 Å². The molecule has 0 saturated heterocycles. The molecule has 1 aromatic heterocycles. The highest BCUT2D eigenvalue weighted by Crippen LogP contribution is 2.22. The maximum Gasteiger partial charge on any atom is 0.251 e. The van der Waals surface area contributed by atoms with Gasteiger partial charge in [0, 0.05) is 10.4 Å². The number of sulfonamides is 1. The van der Waals surface area contributed by atoms with Gasteiger partial charge in [-0.05, 0) is 43.8 Å². The molecule has 2 N–H and O–H groups in total. The summed E-state index contributed by atoms with van der Waals surface area (Å²) in [4.78, 5) is 12.9. The van der Waals surface area contributed by atoms with Gasteiger partial charge in [-0.3, -0.25) is 4.79 Å². The lowest BCUT2D eigenvalue weighted by molar-refractivity contribution is 0.0951. The summed E-state index contributed by atoms with van der Waals surface area (Å²) in [6.45, 7) is 2.16. The van der Waals surface area contributed by atoms with E-state index in [1.807, 2.05) is 13.0 Å². The van der Waals surface area contributed by atoms with E-state index in [2.05, 4.69) is 10.0 Å². The van der Waals surface area contributed by atoms with E-state index in [0.717, 1.165) is 21.8 Å². The smallest absolute Gasteiger partial charge is 0.251 e. The third-order valence-electron chi connectivity index (χ3n) is 3.26. The number of hydrogen-bond donors (Lipinski definition) is 2. The molecule has 0 radical (unpaired) electrons. The Bertz CT molecular complexity index is 813. The molecule has 0 fully saturated rings. The molecular weight excluding hydrogens is 336 g/mol. The number of methoxy groups -OCH3 is 1. The number of hydrogen-bond acceptors (Lipinski definition) is 5. The van der Waals surface area contributed by atoms with Crippen molar-refractivity contribution in [1.29, 1.82) is 0 Å². The van der Waals surface area contributed by atoms with Crippen molar-refractivity contribution in [2.24, 2.45) is 0 Å². The third-order valence-corrected chi connectivity index (χ3v) is 6.26. The van der Waals surface area contributed by atoms with Crippen LogP contribution in [0.5, 0.6) is 5.75 Å². The second-order valence-electron chi connectivity index (χ2n) is 4.80. The second-order valence-corrected chi connectivity index (χ2v) is 8.08. The Balaban J connectivity index is 2.05. The Hall–Kier alpha value is -1.90. The van der Waals surface area contributed by atoms with Gasteiger partial charge in [-0.1, -0.05) is 6.07 Å². The van der Waals surface area contributed by atoms with Gasteiger partial charge < -0.3 is 10.1 Å². The van der Waals surface area contributed by atoms with Crippen LogP contribution in [0.2, 0.25) is 0 Å². The summed E-state index contributed by atoms with van der Waals surface area (Å²) in [6.07, 6.45) is 0. The SMILES string of the molecule is CNS(=O)(=O)c1ccc(CNC(=O)c2ccc(C)c(OC)c2)s1. The largest absolute Gasteiger partial charge is 0.496 e. The van der Waals surface area contributed by atoms with Crippen LogP contribution >= 0.6 is 11.3 Å². The van der Waals surface area contributed by atoms with E-state index >= 15 is 0 Å². The highest BCUT2D eigenvalue weighted by atomic mass is 32.2. The van der Waals surface area contributed by atoms with Gasteiger partial charge in [-0.25, -0.2) is 13.1 Å². The number of carbonyl (C=O) groups is 1. The van der Waals surface area contributed by atoms with Gasteiger partial charge in [0.15, 0.2) is 0 Å². The average molecular weight is 354 g/mol. The van der Waals surface area contributed by atoms with Gasteiger partial charge in [-0.2, -0.15) is 0 Å². The number of rotatable bonds is 6. The first-order valence-electron chi connectivity index (χ1n) is 6.82. The lowest BCUT2D eigenvalue weighted by atomic mass is 10.1. The molecule has 0 spiro atoms. The Morgan fingerprint density at radius 1 is 1.26 bits per heavy atom. The number of aryl methyl sites for hydroxylation is 1. The monoisotopic (exact) mass is 354 g/mol. The molecule has 0 bridgehead atoms. The maximum absolute atomic E-state index is 12.2. The Morgan fingerprint density at radius 3 is 2.65 bits per heavy atom. The van der Waals surface area contributed by atoms with Gasteiger partial charge in [-0.15, -0.1) is 11.3 Å². The predicted octanol–water partition coefficient (Wildman–Crippen LogP) is 1.90. The van der Waals surface area contributed by atoms with E-state index in [0.29, 0.717) is 11.3 Å². The number of benzene rings is 1. The molecule has 6 nitrogen and oxygen atoms in total. The molecular formula is C15H18N2O4S2. The van der Waals surface area contributed by atoms with Crippen LogP contribution in [0.4, 0.5) is 0 Å². The molecule has 2 aromatic rings. The van der Waals surface area contributed by atoms with Crippen molar-refractivity contribution in [2.75, 3.05) is 14.2 Å². The number of amides is 1. The fourth-order valence-electron chi connectivity index (χ4n) is 1.93. The Morgan fingerprint density at radius 2 is 2.00 bits per heavy atom. The molecule has 0 atom stereocenters. The molecule has 2 rings (SSSR count). The summed E-state index contributed by atoms with van der Waals surface area (Å²) >= 11 is 1.12. The van der Waals surface area contributed by atoms with Crippen molar-refractivity contribution >= 4 is 27.3 Å². The number of ether oxygens (including phenoxy) is 1. The molecule has 0 aliphatic rings. The van der Waals surface area contributed by atoms with Gasteiger partial charge in [0.25, 0.3) is 5.91 Å². The van der Waals surface area contributed by atoms with Crippen LogP contribution in [-0.4, -0.2) is 28.5 Å². The van der Waals surface area contributed by atoms with Crippen LogP contribution in [0.25, 0.3) is 0 Å². The van der Waals surface area contributed by atoms with Gasteiger partial charge in [0.05, 0.1) is 13.7 Å². The van der Waals surface area contributed by atoms with Gasteiger partial charge >= 0.3 is 0 Å². The van der Waals surface area contributed by atoms with E-state index in [4.69, 9.17) is 4.74 Å². The highest BCUT2D eigenvalue weighted by molar-refractivity contribution is 7.91. The molecule has 1 heterocycles. The lowest BCUT2D eigenvalue weighted by Crippen LogP contribution is -2.22. The van der Waals surface area contributed by atoms with Crippen LogP contribution in [0, 0.1) is 6.92 Å². The topological polar surface area (TPSA) is 84.5 Å². The number of nitrogens with one attached hydrogen (secondary N) is 2. The number of carbonyl (C=O) groups excluding carboxylic acids is 1. The quantitative estimate of drug-likeness (QED) is 0.830. The summed E-state index contributed by atoms with van der Waals surface area (Å²) in [7, 11) is -0.525. The first-order chi connectivity index (χ1) is 10.9. The summed E-state index contributed by atoms with van der Waals surface area (Å²) in [5.41, 5.74) is 1.44. The lowest BCUT2D eigenvalue weighted by Gasteiger charge is -2.08. The molecule has 124 valence electrons. The minimum absolute atomic E-state index is 0.223. The van der Waals surface area contributed by atoms with Crippen molar-refractivity contribution in [1.82, 2.24) is 10.0 Å². The van der Waals surface area contributed by atoms with E-state index < -0.39 is 10.0 Å². The zero-order valence-corrected chi connectivity index (χ0v) is 14.7.